The van der Waals surface area contributed by atoms with Crippen molar-refractivity contribution >= 4 is 32.9 Å². The first-order chi connectivity index (χ1) is 9.70. The van der Waals surface area contributed by atoms with Gasteiger partial charge in [0.25, 0.3) is 16.0 Å². The minimum absolute atomic E-state index is 0.101. The molecule has 21 heavy (non-hydrogen) atoms. The molecule has 9 heteroatoms. The van der Waals surface area contributed by atoms with Crippen LogP contribution in [0, 0.1) is 0 Å². The van der Waals surface area contributed by atoms with Gasteiger partial charge in [-0.3, -0.25) is 9.35 Å². The number of aliphatic imine (C=N–C) groups is 1. The lowest BCUT2D eigenvalue weighted by Crippen LogP contribution is -2.28. The van der Waals surface area contributed by atoms with E-state index in [9.17, 15) is 13.2 Å². The smallest absolute Gasteiger partial charge is 0.296 e. The van der Waals surface area contributed by atoms with Crippen molar-refractivity contribution in [2.45, 2.75) is 0 Å². The van der Waals surface area contributed by atoms with Crippen molar-refractivity contribution in [3.8, 4) is 0 Å². The van der Waals surface area contributed by atoms with Crippen LogP contribution in [0.1, 0.15) is 10.5 Å². The van der Waals surface area contributed by atoms with E-state index in [4.69, 9.17) is 10.3 Å². The molecule has 1 amide bonds. The highest BCUT2D eigenvalue weighted by atomic mass is 32.2. The van der Waals surface area contributed by atoms with Gasteiger partial charge in [0.1, 0.15) is 5.69 Å². The number of benzene rings is 1. The van der Waals surface area contributed by atoms with E-state index in [-0.39, 0.29) is 11.9 Å². The van der Waals surface area contributed by atoms with Crippen LogP contribution in [0.2, 0.25) is 0 Å². The average molecular weight is 312 g/mol. The number of hydrogen-bond donors (Lipinski definition) is 4. The summed E-state index contributed by atoms with van der Waals surface area (Å²) in [5.74, 6) is -0.285. The van der Waals surface area contributed by atoms with Gasteiger partial charge in [-0.15, -0.1) is 0 Å². The number of fused-ring (bicyclic) bond motifs is 1. The zero-order valence-corrected chi connectivity index (χ0v) is 12.3. The maximum Gasteiger partial charge on any atom is 0.296 e. The molecule has 5 N–H and O–H groups in total. The third-order valence-electron chi connectivity index (χ3n) is 2.24. The van der Waals surface area contributed by atoms with Gasteiger partial charge in [-0.2, -0.15) is 13.4 Å². The van der Waals surface area contributed by atoms with Crippen molar-refractivity contribution in [1.82, 2.24) is 10.3 Å². The summed E-state index contributed by atoms with van der Waals surface area (Å²) in [5, 5.41) is 3.57. The summed E-state index contributed by atoms with van der Waals surface area (Å²) in [4.78, 5) is 18.3. The lowest BCUT2D eigenvalue weighted by molar-refractivity contribution is 0.0998. The Morgan fingerprint density at radius 1 is 1.38 bits per heavy atom. The summed E-state index contributed by atoms with van der Waals surface area (Å²) in [7, 11) is -2.06. The molecule has 0 aliphatic carbocycles. The van der Waals surface area contributed by atoms with E-state index in [1.165, 1.54) is 0 Å². The number of hydrogen-bond acceptors (Lipinski definition) is 3. The van der Waals surface area contributed by atoms with Crippen molar-refractivity contribution in [2.75, 3.05) is 13.3 Å². The molecule has 114 valence electrons. The highest BCUT2D eigenvalue weighted by Gasteiger charge is 2.08. The second-order valence-electron chi connectivity index (χ2n) is 4.06. The molecule has 2 aromatic rings. The van der Waals surface area contributed by atoms with Gasteiger partial charge >= 0.3 is 0 Å². The van der Waals surface area contributed by atoms with Crippen LogP contribution in [-0.4, -0.2) is 43.1 Å². The van der Waals surface area contributed by atoms with Gasteiger partial charge < -0.3 is 16.0 Å². The summed E-state index contributed by atoms with van der Waals surface area (Å²) in [6.45, 7) is 0. The minimum Gasteiger partial charge on any atom is -0.370 e. The first-order valence-corrected chi connectivity index (χ1v) is 7.62. The standard InChI is InChI=1S/C11H12N4O.CH4O3S/c1-13-11(12)15-10(16)9-6-7-4-2-3-5-8(7)14-9;1-5(2,3)4/h2-6,14H,1H3,(H3,12,13,15,16);1H3,(H,2,3,4). The number of aromatic amines is 1. The maximum absolute atomic E-state index is 11.6. The molecule has 1 aromatic carbocycles. The average Bonchev–Trinajstić information content (AvgIpc) is 2.80. The molecule has 0 spiro atoms. The SMILES string of the molecule is CNC(N)=NC(=O)c1cc2ccccc2[nH]1.CS(=O)(=O)O. The van der Waals surface area contributed by atoms with Gasteiger partial charge in [0.05, 0.1) is 6.26 Å². The number of para-hydroxylation sites is 1. The van der Waals surface area contributed by atoms with E-state index in [1.807, 2.05) is 24.3 Å². The summed E-state index contributed by atoms with van der Waals surface area (Å²) < 4.78 is 25.9. The predicted molar refractivity (Wildman–Crippen MR) is 80.8 cm³/mol. The van der Waals surface area contributed by atoms with Crippen LogP contribution in [0.4, 0.5) is 0 Å². The molecule has 8 nitrogen and oxygen atoms in total. The van der Waals surface area contributed by atoms with E-state index in [0.29, 0.717) is 11.9 Å². The Kier molecular flexibility index (Phi) is 5.44. The van der Waals surface area contributed by atoms with Gasteiger partial charge in [-0.25, -0.2) is 0 Å². The van der Waals surface area contributed by atoms with Crippen LogP contribution in [-0.2, 0) is 10.1 Å². The molecule has 0 atom stereocenters. The zero-order chi connectivity index (χ0) is 16.0. The van der Waals surface area contributed by atoms with Crippen molar-refractivity contribution in [2.24, 2.45) is 10.7 Å². The third kappa shape index (κ3) is 6.06. The van der Waals surface area contributed by atoms with E-state index < -0.39 is 10.1 Å². The second-order valence-corrected chi connectivity index (χ2v) is 5.52. The lowest BCUT2D eigenvalue weighted by Gasteiger charge is -1.95. The fourth-order valence-corrected chi connectivity index (χ4v) is 1.41. The Balaban J connectivity index is 0.000000383. The molecule has 1 heterocycles. The zero-order valence-electron chi connectivity index (χ0n) is 11.5. The lowest BCUT2D eigenvalue weighted by atomic mass is 10.2. The molecule has 0 radical (unpaired) electrons. The van der Waals surface area contributed by atoms with E-state index in [1.54, 1.807) is 13.1 Å². The normalized spacial score (nSPS) is 11.7. The number of nitrogens with two attached hydrogens (primary N) is 1. The van der Waals surface area contributed by atoms with Crippen molar-refractivity contribution in [1.29, 1.82) is 0 Å². The van der Waals surface area contributed by atoms with Crippen LogP contribution >= 0.6 is 0 Å². The van der Waals surface area contributed by atoms with Crippen LogP contribution in [0.3, 0.4) is 0 Å². The first kappa shape index (κ1) is 16.7. The summed E-state index contributed by atoms with van der Waals surface area (Å²) in [6.07, 6.45) is 0.715. The molecule has 2 rings (SSSR count). The maximum atomic E-state index is 11.6. The van der Waals surface area contributed by atoms with Crippen molar-refractivity contribution < 1.29 is 17.8 Å². The second kappa shape index (κ2) is 6.86. The largest absolute Gasteiger partial charge is 0.370 e. The Hall–Kier alpha value is -2.39. The number of carbonyl (C=O) groups excluding carboxylic acids is 1. The predicted octanol–water partition coefficient (Wildman–Crippen LogP) is 0.346. The Morgan fingerprint density at radius 2 is 1.95 bits per heavy atom. The number of aromatic nitrogens is 1. The number of amides is 1. The van der Waals surface area contributed by atoms with Crippen LogP contribution in [0.15, 0.2) is 35.3 Å². The Bertz CT molecular complexity index is 723. The quantitative estimate of drug-likeness (QED) is 0.340. The highest BCUT2D eigenvalue weighted by molar-refractivity contribution is 7.85. The van der Waals surface area contributed by atoms with Gasteiger partial charge in [-0.05, 0) is 12.1 Å². The van der Waals surface area contributed by atoms with Crippen LogP contribution in [0.5, 0.6) is 0 Å². The Labute approximate surface area is 121 Å². The third-order valence-corrected chi connectivity index (χ3v) is 2.24. The molecule has 0 unspecified atom stereocenters. The molecular formula is C12H16N4O4S. The molecule has 0 saturated heterocycles. The fourth-order valence-electron chi connectivity index (χ4n) is 1.41. The van der Waals surface area contributed by atoms with Gasteiger partial charge in [0.15, 0.2) is 5.96 Å². The highest BCUT2D eigenvalue weighted by Crippen LogP contribution is 2.14. The van der Waals surface area contributed by atoms with Crippen LogP contribution in [0.25, 0.3) is 10.9 Å². The number of carbonyl (C=O) groups is 1. The monoisotopic (exact) mass is 312 g/mol. The molecule has 0 aliphatic heterocycles. The number of nitrogens with one attached hydrogen (secondary N) is 2. The molecule has 0 bridgehead atoms. The van der Waals surface area contributed by atoms with Gasteiger partial charge in [0.2, 0.25) is 0 Å². The minimum atomic E-state index is -3.67. The van der Waals surface area contributed by atoms with Gasteiger partial charge in [0, 0.05) is 18.0 Å². The first-order valence-electron chi connectivity index (χ1n) is 5.77. The number of rotatable bonds is 1. The fraction of sp³-hybridized carbons (Fsp3) is 0.167. The molecule has 0 saturated carbocycles. The number of nitrogens with zero attached hydrogens (tertiary/aromatic N) is 1. The van der Waals surface area contributed by atoms with E-state index in [0.717, 1.165) is 10.9 Å². The van der Waals surface area contributed by atoms with E-state index in [2.05, 4.69) is 15.3 Å². The summed E-state index contributed by atoms with van der Waals surface area (Å²) in [5.41, 5.74) is 6.75. The van der Waals surface area contributed by atoms with Crippen molar-refractivity contribution in [3.05, 3.63) is 36.0 Å². The van der Waals surface area contributed by atoms with Crippen molar-refractivity contribution in [3.63, 3.8) is 0 Å². The Morgan fingerprint density at radius 3 is 2.48 bits per heavy atom. The number of H-pyrrole nitrogens is 1. The summed E-state index contributed by atoms with van der Waals surface area (Å²) in [6, 6.07) is 9.39. The molecule has 1 aromatic heterocycles. The van der Waals surface area contributed by atoms with E-state index >= 15 is 0 Å². The molecule has 0 fully saturated rings. The van der Waals surface area contributed by atoms with Crippen LogP contribution < -0.4 is 11.1 Å². The van der Waals surface area contributed by atoms with Gasteiger partial charge in [-0.1, -0.05) is 18.2 Å². The summed E-state index contributed by atoms with van der Waals surface area (Å²) >= 11 is 0. The topological polar surface area (TPSA) is 138 Å². The number of guanidine groups is 1. The molecule has 0 aliphatic rings. The molecular weight excluding hydrogens is 296 g/mol.